The molecule has 0 bridgehead atoms. The van der Waals surface area contributed by atoms with Gasteiger partial charge in [-0.05, 0) is 35.4 Å². The van der Waals surface area contributed by atoms with Crippen molar-refractivity contribution in [1.82, 2.24) is 0 Å². The minimum Gasteiger partial charge on any atom is -0.409 e. The largest absolute Gasteiger partial charge is 0.409 e. The van der Waals surface area contributed by atoms with Crippen LogP contribution in [0.15, 0.2) is 84.0 Å². The van der Waals surface area contributed by atoms with Gasteiger partial charge in [0.1, 0.15) is 0 Å². The minimum absolute atomic E-state index is 0.0684. The molecule has 0 radical (unpaired) electrons. The highest BCUT2D eigenvalue weighted by molar-refractivity contribution is 6.10. The summed E-state index contributed by atoms with van der Waals surface area (Å²) in [6, 6.07) is 24.0. The number of amides is 1. The SMILES string of the molecule is N/C(=N\O)c1cc(-c2ccccc2)ccc1NC(=O)c1ccccc1. The van der Waals surface area contributed by atoms with Crippen LogP contribution in [0.5, 0.6) is 0 Å². The summed E-state index contributed by atoms with van der Waals surface area (Å²) < 4.78 is 0. The Morgan fingerprint density at radius 2 is 1.52 bits per heavy atom. The van der Waals surface area contributed by atoms with Crippen LogP contribution in [0.2, 0.25) is 0 Å². The first kappa shape index (κ1) is 16.3. The van der Waals surface area contributed by atoms with E-state index >= 15 is 0 Å². The number of nitrogens with one attached hydrogen (secondary N) is 1. The summed E-state index contributed by atoms with van der Waals surface area (Å²) in [6.45, 7) is 0. The van der Waals surface area contributed by atoms with Crippen molar-refractivity contribution in [3.8, 4) is 11.1 Å². The van der Waals surface area contributed by atoms with Crippen LogP contribution in [0.4, 0.5) is 5.69 Å². The third kappa shape index (κ3) is 3.67. The number of anilines is 1. The normalized spacial score (nSPS) is 11.1. The Morgan fingerprint density at radius 1 is 0.880 bits per heavy atom. The molecule has 0 aliphatic carbocycles. The predicted molar refractivity (Wildman–Crippen MR) is 98.8 cm³/mol. The van der Waals surface area contributed by atoms with Crippen LogP contribution in [-0.2, 0) is 0 Å². The molecule has 3 aromatic rings. The Labute approximate surface area is 145 Å². The van der Waals surface area contributed by atoms with Crippen LogP contribution in [-0.4, -0.2) is 17.0 Å². The Bertz CT molecular complexity index is 907. The lowest BCUT2D eigenvalue weighted by molar-refractivity contribution is 0.102. The van der Waals surface area contributed by atoms with E-state index in [0.29, 0.717) is 16.8 Å². The summed E-state index contributed by atoms with van der Waals surface area (Å²) in [5.41, 5.74) is 9.16. The monoisotopic (exact) mass is 331 g/mol. The average molecular weight is 331 g/mol. The van der Waals surface area contributed by atoms with Gasteiger partial charge >= 0.3 is 0 Å². The Kier molecular flexibility index (Phi) is 4.76. The van der Waals surface area contributed by atoms with E-state index in [1.807, 2.05) is 42.5 Å². The molecule has 0 unspecified atom stereocenters. The van der Waals surface area contributed by atoms with Crippen LogP contribution >= 0.6 is 0 Å². The van der Waals surface area contributed by atoms with E-state index in [2.05, 4.69) is 10.5 Å². The molecule has 0 aliphatic rings. The van der Waals surface area contributed by atoms with Crippen LogP contribution in [0, 0.1) is 0 Å². The molecular weight excluding hydrogens is 314 g/mol. The molecule has 0 atom stereocenters. The van der Waals surface area contributed by atoms with Gasteiger partial charge in [-0.2, -0.15) is 0 Å². The summed E-state index contributed by atoms with van der Waals surface area (Å²) in [5.74, 6) is -0.332. The van der Waals surface area contributed by atoms with E-state index in [1.165, 1.54) is 0 Å². The highest BCUT2D eigenvalue weighted by Gasteiger charge is 2.13. The fourth-order valence-electron chi connectivity index (χ4n) is 2.51. The smallest absolute Gasteiger partial charge is 0.255 e. The molecule has 0 aliphatic heterocycles. The average Bonchev–Trinajstić information content (AvgIpc) is 2.69. The zero-order valence-corrected chi connectivity index (χ0v) is 13.4. The van der Waals surface area contributed by atoms with Gasteiger partial charge in [0.05, 0.1) is 5.69 Å². The van der Waals surface area contributed by atoms with Gasteiger partial charge in [-0.25, -0.2) is 0 Å². The molecule has 25 heavy (non-hydrogen) atoms. The molecule has 0 heterocycles. The standard InChI is InChI=1S/C20H17N3O2/c21-19(23-25)17-13-16(14-7-3-1-4-8-14)11-12-18(17)22-20(24)15-9-5-2-6-10-15/h1-13,25H,(H2,21,23)(H,22,24). The molecule has 3 rings (SSSR count). The van der Waals surface area contributed by atoms with Crippen molar-refractivity contribution in [2.75, 3.05) is 5.32 Å². The fourth-order valence-corrected chi connectivity index (χ4v) is 2.51. The van der Waals surface area contributed by atoms with E-state index < -0.39 is 0 Å². The fraction of sp³-hybridized carbons (Fsp3) is 0. The molecule has 4 N–H and O–H groups in total. The molecule has 0 aromatic heterocycles. The number of nitrogens with zero attached hydrogens (tertiary/aromatic N) is 1. The van der Waals surface area contributed by atoms with E-state index in [1.54, 1.807) is 36.4 Å². The first-order valence-corrected chi connectivity index (χ1v) is 7.73. The molecule has 0 spiro atoms. The molecule has 0 saturated heterocycles. The summed E-state index contributed by atoms with van der Waals surface area (Å²) >= 11 is 0. The maximum absolute atomic E-state index is 12.4. The van der Waals surface area contributed by atoms with Crippen LogP contribution < -0.4 is 11.1 Å². The summed E-state index contributed by atoms with van der Waals surface area (Å²) in [7, 11) is 0. The van der Waals surface area contributed by atoms with Crippen LogP contribution in [0.25, 0.3) is 11.1 Å². The van der Waals surface area contributed by atoms with Crippen molar-refractivity contribution in [3.63, 3.8) is 0 Å². The molecule has 1 amide bonds. The number of nitrogens with two attached hydrogens (primary N) is 1. The van der Waals surface area contributed by atoms with Gasteiger partial charge in [-0.1, -0.05) is 59.8 Å². The predicted octanol–water partition coefficient (Wildman–Crippen LogP) is 3.70. The second kappa shape index (κ2) is 7.31. The number of benzene rings is 3. The molecule has 0 fully saturated rings. The number of hydrogen-bond acceptors (Lipinski definition) is 3. The molecule has 5 nitrogen and oxygen atoms in total. The Hall–Kier alpha value is -3.60. The van der Waals surface area contributed by atoms with Gasteiger partial charge in [0.15, 0.2) is 5.84 Å². The molecule has 124 valence electrons. The highest BCUT2D eigenvalue weighted by atomic mass is 16.4. The number of amidine groups is 1. The Morgan fingerprint density at radius 3 is 2.16 bits per heavy atom. The van der Waals surface area contributed by atoms with Gasteiger partial charge in [0.2, 0.25) is 0 Å². The van der Waals surface area contributed by atoms with E-state index in [4.69, 9.17) is 10.9 Å². The second-order valence-electron chi connectivity index (χ2n) is 5.43. The van der Waals surface area contributed by atoms with Crippen LogP contribution in [0.3, 0.4) is 0 Å². The summed E-state index contributed by atoms with van der Waals surface area (Å²) in [4.78, 5) is 12.4. The third-order valence-electron chi connectivity index (χ3n) is 3.79. The number of rotatable bonds is 4. The quantitative estimate of drug-likeness (QED) is 0.295. The van der Waals surface area contributed by atoms with E-state index in [0.717, 1.165) is 11.1 Å². The number of carbonyl (C=O) groups excluding carboxylic acids is 1. The van der Waals surface area contributed by atoms with Crippen LogP contribution in [0.1, 0.15) is 15.9 Å². The number of carbonyl (C=O) groups is 1. The summed E-state index contributed by atoms with van der Waals surface area (Å²) in [5, 5.41) is 15.0. The van der Waals surface area contributed by atoms with Crippen molar-refractivity contribution in [2.45, 2.75) is 0 Å². The summed E-state index contributed by atoms with van der Waals surface area (Å²) in [6.07, 6.45) is 0. The number of oxime groups is 1. The molecule has 3 aromatic carbocycles. The van der Waals surface area contributed by atoms with Crippen molar-refractivity contribution in [3.05, 3.63) is 90.0 Å². The van der Waals surface area contributed by atoms with E-state index in [9.17, 15) is 4.79 Å². The topological polar surface area (TPSA) is 87.7 Å². The first-order chi connectivity index (χ1) is 12.2. The van der Waals surface area contributed by atoms with Crippen molar-refractivity contribution >= 4 is 17.4 Å². The van der Waals surface area contributed by atoms with Gasteiger partial charge in [0.25, 0.3) is 5.91 Å². The van der Waals surface area contributed by atoms with Gasteiger partial charge in [0, 0.05) is 11.1 Å². The van der Waals surface area contributed by atoms with Gasteiger partial charge < -0.3 is 16.3 Å². The van der Waals surface area contributed by atoms with Gasteiger partial charge in [-0.3, -0.25) is 4.79 Å². The maximum Gasteiger partial charge on any atom is 0.255 e. The molecule has 0 saturated carbocycles. The van der Waals surface area contributed by atoms with E-state index in [-0.39, 0.29) is 11.7 Å². The lowest BCUT2D eigenvalue weighted by Gasteiger charge is -2.12. The lowest BCUT2D eigenvalue weighted by Crippen LogP contribution is -2.19. The van der Waals surface area contributed by atoms with Crippen molar-refractivity contribution in [2.24, 2.45) is 10.9 Å². The minimum atomic E-state index is -0.264. The van der Waals surface area contributed by atoms with Gasteiger partial charge in [-0.15, -0.1) is 0 Å². The molecule has 5 heteroatoms. The second-order valence-corrected chi connectivity index (χ2v) is 5.43. The van der Waals surface area contributed by atoms with Crippen molar-refractivity contribution in [1.29, 1.82) is 0 Å². The molecular formula is C20H17N3O2. The number of hydrogen-bond donors (Lipinski definition) is 3. The van der Waals surface area contributed by atoms with Crippen molar-refractivity contribution < 1.29 is 10.0 Å². The Balaban J connectivity index is 1.98. The zero-order chi connectivity index (χ0) is 17.6. The highest BCUT2D eigenvalue weighted by Crippen LogP contribution is 2.25. The third-order valence-corrected chi connectivity index (χ3v) is 3.79. The maximum atomic E-state index is 12.4. The lowest BCUT2D eigenvalue weighted by atomic mass is 10.0. The zero-order valence-electron chi connectivity index (χ0n) is 13.4. The first-order valence-electron chi connectivity index (χ1n) is 7.73.